The van der Waals surface area contributed by atoms with Crippen molar-refractivity contribution >= 4 is 31.9 Å². The van der Waals surface area contributed by atoms with Gasteiger partial charge in [-0.15, -0.1) is 0 Å². The van der Waals surface area contributed by atoms with Gasteiger partial charge in [-0.25, -0.2) is 8.42 Å². The number of carbonyl (C=O) groups excluding carboxylic acids is 1. The highest BCUT2D eigenvalue weighted by Crippen LogP contribution is 2.25. The number of hydrogen-bond acceptors (Lipinski definition) is 6. The number of β-amino-alcohol motifs (C(OH)–C–C–N with tert-alkyl or cyclic N) is 1. The summed E-state index contributed by atoms with van der Waals surface area (Å²) in [5, 5.41) is 12.9. The number of ether oxygens (including phenoxy) is 1. The van der Waals surface area contributed by atoms with E-state index in [1.807, 2.05) is 0 Å². The highest BCUT2D eigenvalue weighted by molar-refractivity contribution is 9.10. The summed E-state index contributed by atoms with van der Waals surface area (Å²) in [6, 6.07) is 4.46. The smallest absolute Gasteiger partial charge is 0.252 e. The first-order valence-corrected chi connectivity index (χ1v) is 11.7. The zero-order chi connectivity index (χ0) is 20.1. The molecule has 2 aliphatic rings. The van der Waals surface area contributed by atoms with Gasteiger partial charge in [-0.05, 0) is 47.0 Å². The van der Waals surface area contributed by atoms with Gasteiger partial charge in [0.1, 0.15) is 0 Å². The number of sulfonamides is 1. The molecule has 2 aliphatic heterocycles. The Morgan fingerprint density at radius 3 is 2.57 bits per heavy atom. The molecule has 1 atom stereocenters. The largest absolute Gasteiger partial charge is 0.390 e. The van der Waals surface area contributed by atoms with Crippen LogP contribution in [0.15, 0.2) is 27.6 Å². The van der Waals surface area contributed by atoms with Crippen LogP contribution in [0.25, 0.3) is 0 Å². The predicted octanol–water partition coefficient (Wildman–Crippen LogP) is 0.656. The first kappa shape index (κ1) is 21.7. The second kappa shape index (κ2) is 9.64. The summed E-state index contributed by atoms with van der Waals surface area (Å²) >= 11 is 3.31. The molecule has 0 unspecified atom stereocenters. The second-order valence-electron chi connectivity index (χ2n) is 7.03. The average Bonchev–Trinajstić information content (AvgIpc) is 3.23. The molecular weight excluding hydrogens is 450 g/mol. The van der Waals surface area contributed by atoms with E-state index >= 15 is 0 Å². The molecule has 1 amide bonds. The van der Waals surface area contributed by atoms with Crippen LogP contribution in [0.3, 0.4) is 0 Å². The number of aliphatic hydroxyl groups is 1. The summed E-state index contributed by atoms with van der Waals surface area (Å²) in [4.78, 5) is 14.8. The van der Waals surface area contributed by atoms with E-state index in [2.05, 4.69) is 26.1 Å². The summed E-state index contributed by atoms with van der Waals surface area (Å²) in [7, 11) is -3.60. The van der Waals surface area contributed by atoms with Crippen LogP contribution in [0.5, 0.6) is 0 Å². The number of hydrogen-bond donors (Lipinski definition) is 2. The normalized spacial score (nSPS) is 20.2. The third-order valence-corrected chi connectivity index (χ3v) is 7.54. The van der Waals surface area contributed by atoms with Crippen molar-refractivity contribution in [2.24, 2.45) is 0 Å². The van der Waals surface area contributed by atoms with Crippen LogP contribution in [0.2, 0.25) is 0 Å². The zero-order valence-corrected chi connectivity index (χ0v) is 18.0. The minimum absolute atomic E-state index is 0.0890. The number of halogens is 1. The van der Waals surface area contributed by atoms with Crippen LogP contribution in [0.4, 0.5) is 0 Å². The highest BCUT2D eigenvalue weighted by atomic mass is 79.9. The lowest BCUT2D eigenvalue weighted by Crippen LogP contribution is -2.44. The Bertz CT molecular complexity index is 792. The highest BCUT2D eigenvalue weighted by Gasteiger charge is 2.28. The summed E-state index contributed by atoms with van der Waals surface area (Å²) in [6.45, 7) is 4.36. The zero-order valence-electron chi connectivity index (χ0n) is 15.6. The van der Waals surface area contributed by atoms with Crippen molar-refractivity contribution in [2.75, 3.05) is 52.5 Å². The van der Waals surface area contributed by atoms with E-state index in [9.17, 15) is 18.3 Å². The molecule has 8 nitrogen and oxygen atoms in total. The number of aliphatic hydroxyl groups excluding tert-OH is 1. The third-order valence-electron chi connectivity index (χ3n) is 4.96. The van der Waals surface area contributed by atoms with Crippen LogP contribution < -0.4 is 5.32 Å². The molecule has 1 aromatic rings. The molecule has 0 spiro atoms. The molecule has 3 rings (SSSR count). The van der Waals surface area contributed by atoms with Gasteiger partial charge in [0, 0.05) is 43.7 Å². The minimum atomic E-state index is -3.60. The average molecular weight is 476 g/mol. The molecular formula is C18H26BrN3O5S. The van der Waals surface area contributed by atoms with Gasteiger partial charge in [0.05, 0.1) is 29.8 Å². The number of amides is 1. The van der Waals surface area contributed by atoms with Gasteiger partial charge in [0.15, 0.2) is 0 Å². The lowest BCUT2D eigenvalue weighted by molar-refractivity contribution is 0.0149. The van der Waals surface area contributed by atoms with Gasteiger partial charge >= 0.3 is 0 Å². The number of rotatable bonds is 7. The summed E-state index contributed by atoms with van der Waals surface area (Å²) < 4.78 is 32.7. The van der Waals surface area contributed by atoms with E-state index in [1.165, 1.54) is 16.4 Å². The van der Waals surface area contributed by atoms with Crippen LogP contribution in [0.1, 0.15) is 23.2 Å². The van der Waals surface area contributed by atoms with Crippen molar-refractivity contribution in [1.82, 2.24) is 14.5 Å². The Morgan fingerprint density at radius 1 is 1.21 bits per heavy atom. The molecule has 0 aromatic heterocycles. The van der Waals surface area contributed by atoms with Gasteiger partial charge in [0.2, 0.25) is 10.0 Å². The Morgan fingerprint density at radius 2 is 1.89 bits per heavy atom. The lowest BCUT2D eigenvalue weighted by atomic mass is 10.2. The number of benzene rings is 1. The molecule has 2 saturated heterocycles. The fourth-order valence-corrected chi connectivity index (χ4v) is 5.34. The number of carbonyl (C=O) groups is 1. The SMILES string of the molecule is O=C(NC[C@@H](O)CN1CCOCC1)c1cc(S(=O)(=O)N2CCCC2)ccc1Br. The maximum atomic E-state index is 12.7. The molecule has 2 heterocycles. The van der Waals surface area contributed by atoms with E-state index in [1.54, 1.807) is 6.07 Å². The monoisotopic (exact) mass is 475 g/mol. The van der Waals surface area contributed by atoms with Gasteiger partial charge in [-0.3, -0.25) is 9.69 Å². The van der Waals surface area contributed by atoms with Crippen LogP contribution in [0, 0.1) is 0 Å². The minimum Gasteiger partial charge on any atom is -0.390 e. The third kappa shape index (κ3) is 5.31. The van der Waals surface area contributed by atoms with Crippen LogP contribution >= 0.6 is 15.9 Å². The van der Waals surface area contributed by atoms with Crippen molar-refractivity contribution in [3.63, 3.8) is 0 Å². The Hall–Kier alpha value is -1.04. The maximum Gasteiger partial charge on any atom is 0.252 e. The quantitative estimate of drug-likeness (QED) is 0.600. The second-order valence-corrected chi connectivity index (χ2v) is 9.82. The number of nitrogens with one attached hydrogen (secondary N) is 1. The Kier molecular flexibility index (Phi) is 7.46. The number of morpholine rings is 1. The van der Waals surface area contributed by atoms with Crippen molar-refractivity contribution in [3.05, 3.63) is 28.2 Å². The van der Waals surface area contributed by atoms with Crippen molar-refractivity contribution in [2.45, 2.75) is 23.8 Å². The standard InChI is InChI=1S/C18H26BrN3O5S/c19-17-4-3-15(28(25,26)22-5-1-2-6-22)11-16(17)18(24)20-12-14(23)13-21-7-9-27-10-8-21/h3-4,11,14,23H,1-2,5-10,12-13H2,(H,20,24)/t14-/m1/s1. The van der Waals surface area contributed by atoms with Crippen LogP contribution in [-0.2, 0) is 14.8 Å². The molecule has 28 heavy (non-hydrogen) atoms. The molecule has 0 aliphatic carbocycles. The van der Waals surface area contributed by atoms with E-state index in [-0.39, 0.29) is 17.0 Å². The molecule has 0 bridgehead atoms. The first-order chi connectivity index (χ1) is 13.4. The lowest BCUT2D eigenvalue weighted by Gasteiger charge is -2.28. The van der Waals surface area contributed by atoms with Crippen molar-refractivity contribution in [1.29, 1.82) is 0 Å². The molecule has 1 aromatic carbocycles. The van der Waals surface area contributed by atoms with E-state index in [4.69, 9.17) is 4.74 Å². The van der Waals surface area contributed by atoms with E-state index in [0.29, 0.717) is 37.3 Å². The summed E-state index contributed by atoms with van der Waals surface area (Å²) in [6.07, 6.45) is 0.992. The Balaban J connectivity index is 1.62. The molecule has 0 radical (unpaired) electrons. The number of nitrogens with zero attached hydrogens (tertiary/aromatic N) is 2. The van der Waals surface area contributed by atoms with Gasteiger partial charge in [-0.2, -0.15) is 4.31 Å². The fourth-order valence-electron chi connectivity index (χ4n) is 3.37. The Labute approximate surface area is 174 Å². The topological polar surface area (TPSA) is 99.2 Å². The van der Waals surface area contributed by atoms with Gasteiger partial charge in [-0.1, -0.05) is 0 Å². The maximum absolute atomic E-state index is 12.7. The van der Waals surface area contributed by atoms with Crippen molar-refractivity contribution < 1.29 is 23.1 Å². The fraction of sp³-hybridized carbons (Fsp3) is 0.611. The predicted molar refractivity (Wildman–Crippen MR) is 108 cm³/mol. The molecule has 2 fully saturated rings. The molecule has 2 N–H and O–H groups in total. The molecule has 10 heteroatoms. The van der Waals surface area contributed by atoms with Crippen molar-refractivity contribution in [3.8, 4) is 0 Å². The van der Waals surface area contributed by atoms with E-state index < -0.39 is 22.0 Å². The first-order valence-electron chi connectivity index (χ1n) is 9.44. The van der Waals surface area contributed by atoms with Gasteiger partial charge < -0.3 is 15.2 Å². The van der Waals surface area contributed by atoms with Gasteiger partial charge in [0.25, 0.3) is 5.91 Å². The van der Waals surface area contributed by atoms with Crippen LogP contribution in [-0.4, -0.2) is 87.2 Å². The molecule has 156 valence electrons. The van der Waals surface area contributed by atoms with E-state index in [0.717, 1.165) is 25.9 Å². The molecule has 0 saturated carbocycles. The summed E-state index contributed by atoms with van der Waals surface area (Å²) in [5.41, 5.74) is 0.235. The summed E-state index contributed by atoms with van der Waals surface area (Å²) in [5.74, 6) is -0.425.